The van der Waals surface area contributed by atoms with Crippen LogP contribution in [0.5, 0.6) is 0 Å². The van der Waals surface area contributed by atoms with Crippen LogP contribution in [0.4, 0.5) is 5.69 Å². The molecule has 1 aromatic carbocycles. The minimum Gasteiger partial charge on any atom is -0.394 e. The number of hydrogen-bond acceptors (Lipinski definition) is 5. The van der Waals surface area contributed by atoms with Crippen LogP contribution in [0.25, 0.3) is 0 Å². The van der Waals surface area contributed by atoms with Gasteiger partial charge in [-0.1, -0.05) is 6.07 Å². The number of benzene rings is 1. The Labute approximate surface area is 123 Å². The Hall–Kier alpha value is -1.90. The summed E-state index contributed by atoms with van der Waals surface area (Å²) in [5, 5.41) is 21.2. The summed E-state index contributed by atoms with van der Waals surface area (Å²) in [6, 6.07) is 5.02. The number of sulfonamides is 1. The monoisotopic (exact) mass is 310 g/mol. The second-order valence-electron chi connectivity index (χ2n) is 4.71. The number of aliphatic hydroxyl groups is 1. The highest BCUT2D eigenvalue weighted by atomic mass is 32.2. The predicted octanol–water partition coefficient (Wildman–Crippen LogP) is 0.443. The summed E-state index contributed by atoms with van der Waals surface area (Å²) in [5.74, 6) is 0. The second kappa shape index (κ2) is 6.25. The zero-order valence-corrected chi connectivity index (χ0v) is 12.5. The Balaban J connectivity index is 2.09. The van der Waals surface area contributed by atoms with Crippen LogP contribution >= 0.6 is 0 Å². The number of rotatable bonds is 6. The van der Waals surface area contributed by atoms with Gasteiger partial charge in [-0.2, -0.15) is 5.10 Å². The number of nitrogens with two attached hydrogens (primary N) is 1. The summed E-state index contributed by atoms with van der Waals surface area (Å²) < 4.78 is 24.6. The fraction of sp³-hybridized carbons (Fsp3) is 0.308. The summed E-state index contributed by atoms with van der Waals surface area (Å²) in [5.41, 5.74) is 2.21. The molecular weight excluding hydrogens is 292 g/mol. The van der Waals surface area contributed by atoms with E-state index in [1.54, 1.807) is 29.9 Å². The van der Waals surface area contributed by atoms with Crippen molar-refractivity contribution in [2.45, 2.75) is 24.9 Å². The highest BCUT2D eigenvalue weighted by Gasteiger charge is 2.12. The number of nitrogens with one attached hydrogen (secondary N) is 1. The number of aryl methyl sites for hydroxylation is 1. The first-order valence-corrected chi connectivity index (χ1v) is 7.94. The van der Waals surface area contributed by atoms with E-state index in [0.717, 1.165) is 5.56 Å². The molecular formula is C13H18N4O3S. The molecule has 0 unspecified atom stereocenters. The topological polar surface area (TPSA) is 110 Å². The quantitative estimate of drug-likeness (QED) is 0.717. The van der Waals surface area contributed by atoms with Gasteiger partial charge >= 0.3 is 0 Å². The van der Waals surface area contributed by atoms with Crippen molar-refractivity contribution in [1.29, 1.82) is 0 Å². The van der Waals surface area contributed by atoms with E-state index >= 15 is 0 Å². The normalized spacial score (nSPS) is 11.6. The average Bonchev–Trinajstić information content (AvgIpc) is 2.85. The van der Waals surface area contributed by atoms with Crippen LogP contribution in [-0.2, 0) is 23.1 Å². The molecule has 0 atom stereocenters. The van der Waals surface area contributed by atoms with Gasteiger partial charge in [-0.3, -0.25) is 4.68 Å². The Morgan fingerprint density at radius 2 is 2.19 bits per heavy atom. The molecule has 0 fully saturated rings. The molecule has 0 radical (unpaired) electrons. The van der Waals surface area contributed by atoms with Crippen molar-refractivity contribution in [2.24, 2.45) is 5.14 Å². The average molecular weight is 310 g/mol. The maximum Gasteiger partial charge on any atom is 0.238 e. The van der Waals surface area contributed by atoms with Gasteiger partial charge in [0.1, 0.15) is 0 Å². The van der Waals surface area contributed by atoms with Crippen molar-refractivity contribution in [2.75, 3.05) is 11.9 Å². The molecule has 7 nitrogen and oxygen atoms in total. The molecule has 0 aliphatic heterocycles. The van der Waals surface area contributed by atoms with E-state index in [2.05, 4.69) is 10.4 Å². The Kier molecular flexibility index (Phi) is 4.61. The maximum absolute atomic E-state index is 11.5. The predicted molar refractivity (Wildman–Crippen MR) is 79.2 cm³/mol. The smallest absolute Gasteiger partial charge is 0.238 e. The number of anilines is 1. The van der Waals surface area contributed by atoms with Crippen LogP contribution in [-0.4, -0.2) is 29.9 Å². The molecule has 8 heteroatoms. The zero-order chi connectivity index (χ0) is 15.5. The Morgan fingerprint density at radius 3 is 2.86 bits per heavy atom. The molecule has 114 valence electrons. The van der Waals surface area contributed by atoms with Gasteiger partial charge in [-0.25, -0.2) is 13.6 Å². The molecule has 0 saturated carbocycles. The first kappa shape index (κ1) is 15.5. The first-order valence-electron chi connectivity index (χ1n) is 6.39. The van der Waals surface area contributed by atoms with Gasteiger partial charge in [-0.15, -0.1) is 0 Å². The van der Waals surface area contributed by atoms with Crippen molar-refractivity contribution < 1.29 is 13.5 Å². The van der Waals surface area contributed by atoms with Crippen LogP contribution < -0.4 is 10.5 Å². The maximum atomic E-state index is 11.5. The SMILES string of the molecule is Cc1ccc(NCc2cnn(CCO)c2)cc1S(N)(=O)=O. The van der Waals surface area contributed by atoms with Crippen LogP contribution in [0.3, 0.4) is 0 Å². The van der Waals surface area contributed by atoms with Gasteiger partial charge < -0.3 is 10.4 Å². The van der Waals surface area contributed by atoms with Crippen LogP contribution in [0.1, 0.15) is 11.1 Å². The number of primary sulfonamides is 1. The molecule has 0 aliphatic carbocycles. The lowest BCUT2D eigenvalue weighted by Crippen LogP contribution is -2.14. The molecule has 2 rings (SSSR count). The summed E-state index contributed by atoms with van der Waals surface area (Å²) in [4.78, 5) is 0.114. The first-order chi connectivity index (χ1) is 9.90. The number of nitrogens with zero attached hydrogens (tertiary/aromatic N) is 2. The molecule has 2 aromatic rings. The van der Waals surface area contributed by atoms with E-state index in [0.29, 0.717) is 24.3 Å². The van der Waals surface area contributed by atoms with Crippen LogP contribution in [0, 0.1) is 6.92 Å². The van der Waals surface area contributed by atoms with E-state index < -0.39 is 10.0 Å². The second-order valence-corrected chi connectivity index (χ2v) is 6.24. The van der Waals surface area contributed by atoms with Crippen molar-refractivity contribution in [1.82, 2.24) is 9.78 Å². The molecule has 0 bridgehead atoms. The third-order valence-corrected chi connectivity index (χ3v) is 4.06. The van der Waals surface area contributed by atoms with E-state index in [1.165, 1.54) is 6.07 Å². The lowest BCUT2D eigenvalue weighted by molar-refractivity contribution is 0.269. The molecule has 21 heavy (non-hydrogen) atoms. The van der Waals surface area contributed by atoms with Crippen LogP contribution in [0.15, 0.2) is 35.5 Å². The Bertz CT molecular complexity index is 725. The minimum absolute atomic E-state index is 0.0320. The summed E-state index contributed by atoms with van der Waals surface area (Å²) in [6.07, 6.45) is 3.51. The van der Waals surface area contributed by atoms with E-state index in [4.69, 9.17) is 10.2 Å². The van der Waals surface area contributed by atoms with E-state index in [-0.39, 0.29) is 11.5 Å². The van der Waals surface area contributed by atoms with Gasteiger partial charge in [0.2, 0.25) is 10.0 Å². The fourth-order valence-corrected chi connectivity index (χ4v) is 2.75. The number of hydrogen-bond donors (Lipinski definition) is 3. The van der Waals surface area contributed by atoms with Gasteiger partial charge in [-0.05, 0) is 24.6 Å². The molecule has 0 amide bonds. The highest BCUT2D eigenvalue weighted by Crippen LogP contribution is 2.19. The molecule has 1 heterocycles. The molecule has 0 aliphatic rings. The largest absolute Gasteiger partial charge is 0.394 e. The van der Waals surface area contributed by atoms with Crippen molar-refractivity contribution in [3.8, 4) is 0 Å². The van der Waals surface area contributed by atoms with Crippen LogP contribution in [0.2, 0.25) is 0 Å². The van der Waals surface area contributed by atoms with Gasteiger partial charge in [0, 0.05) is 24.0 Å². The van der Waals surface area contributed by atoms with E-state index in [1.807, 2.05) is 6.20 Å². The lowest BCUT2D eigenvalue weighted by Gasteiger charge is -2.09. The van der Waals surface area contributed by atoms with Gasteiger partial charge in [0.15, 0.2) is 0 Å². The zero-order valence-electron chi connectivity index (χ0n) is 11.7. The number of aliphatic hydroxyl groups excluding tert-OH is 1. The minimum atomic E-state index is -3.73. The third kappa shape index (κ3) is 4.03. The van der Waals surface area contributed by atoms with Gasteiger partial charge in [0.05, 0.1) is 24.2 Å². The molecule has 4 N–H and O–H groups in total. The fourth-order valence-electron chi connectivity index (χ4n) is 1.94. The van der Waals surface area contributed by atoms with Crippen molar-refractivity contribution in [3.63, 3.8) is 0 Å². The molecule has 0 saturated heterocycles. The van der Waals surface area contributed by atoms with E-state index in [9.17, 15) is 8.42 Å². The highest BCUT2D eigenvalue weighted by molar-refractivity contribution is 7.89. The Morgan fingerprint density at radius 1 is 1.43 bits per heavy atom. The number of aromatic nitrogens is 2. The third-order valence-electron chi connectivity index (χ3n) is 3.01. The molecule has 1 aromatic heterocycles. The van der Waals surface area contributed by atoms with Crippen molar-refractivity contribution >= 4 is 15.7 Å². The lowest BCUT2D eigenvalue weighted by atomic mass is 10.2. The summed E-state index contributed by atoms with van der Waals surface area (Å²) in [7, 11) is -3.73. The standard InChI is InChI=1S/C13H18N4O3S/c1-10-2-3-12(6-13(10)21(14,19)20)15-7-11-8-16-17(9-11)4-5-18/h2-3,6,8-9,15,18H,4-5,7H2,1H3,(H2,14,19,20). The summed E-state index contributed by atoms with van der Waals surface area (Å²) in [6.45, 7) is 2.67. The van der Waals surface area contributed by atoms with Crippen molar-refractivity contribution in [3.05, 3.63) is 41.7 Å². The van der Waals surface area contributed by atoms with Gasteiger partial charge in [0.25, 0.3) is 0 Å². The summed E-state index contributed by atoms with van der Waals surface area (Å²) >= 11 is 0. The molecule has 0 spiro atoms.